The van der Waals surface area contributed by atoms with Crippen LogP contribution in [0.1, 0.15) is 37.7 Å². The largest absolute Gasteiger partial charge is 0.342 e. The number of fused-ring (bicyclic) bond motifs is 1. The first kappa shape index (κ1) is 24.5. The molecule has 1 amide bonds. The molecule has 2 aliphatic heterocycles. The first-order valence-corrected chi connectivity index (χ1v) is 12.8. The molecule has 2 saturated heterocycles. The second-order valence-corrected chi connectivity index (χ2v) is 10.2. The van der Waals surface area contributed by atoms with Gasteiger partial charge in [0.25, 0.3) is 5.56 Å². The number of hydrogen-bond donors (Lipinski definition) is 0. The molecule has 0 aliphatic carbocycles. The summed E-state index contributed by atoms with van der Waals surface area (Å²) in [5.74, 6) is -0.0937. The minimum Gasteiger partial charge on any atom is -0.342 e. The average Bonchev–Trinajstić information content (AvgIpc) is 3.28. The van der Waals surface area contributed by atoms with E-state index in [2.05, 4.69) is 0 Å². The van der Waals surface area contributed by atoms with Gasteiger partial charge in [-0.1, -0.05) is 17.7 Å². The number of anilines is 1. The van der Waals surface area contributed by atoms with E-state index in [1.54, 1.807) is 17.7 Å². The number of aryl methyl sites for hydroxylation is 1. The molecule has 2 aliphatic rings. The van der Waals surface area contributed by atoms with E-state index in [-0.39, 0.29) is 40.1 Å². The van der Waals surface area contributed by atoms with Crippen LogP contribution in [-0.2, 0) is 25.4 Å². The van der Waals surface area contributed by atoms with Crippen molar-refractivity contribution in [1.82, 2.24) is 23.6 Å². The van der Waals surface area contributed by atoms with Crippen LogP contribution in [-0.4, -0.2) is 55.7 Å². The minimum absolute atomic E-state index is 0.0357. The number of rotatable bonds is 4. The first-order valence-electron chi connectivity index (χ1n) is 12.4. The molecule has 5 rings (SSSR count). The number of piperidine rings is 2. The third-order valence-electron chi connectivity index (χ3n) is 7.43. The van der Waals surface area contributed by atoms with Crippen LogP contribution in [0.5, 0.6) is 0 Å². The number of nitrogens with zero attached hydrogens (tertiary/aromatic N) is 6. The van der Waals surface area contributed by atoms with Gasteiger partial charge in [-0.05, 0) is 44.2 Å². The summed E-state index contributed by atoms with van der Waals surface area (Å²) in [6.07, 6.45) is 4.77. The standard InChI is InChI=1S/C25H30ClFN6O3/c1-29-21-20(23(35)30(2)25(29)36)33(15-17-18(26)9-6-10-19(17)27)24(28-21)32-13-7-8-16(14-32)22(34)31-11-4-3-5-12-31/h6,9-10,16H,3-5,7-8,11-15H2,1-2H3. The Kier molecular flexibility index (Phi) is 6.63. The topological polar surface area (TPSA) is 85.4 Å². The Bertz CT molecular complexity index is 1420. The van der Waals surface area contributed by atoms with Crippen molar-refractivity contribution in [2.24, 2.45) is 20.0 Å². The SMILES string of the molecule is Cn1c(=O)c2c(nc(N3CCCC(C(=O)N4CCCCC4)C3)n2Cc2c(F)cccc2Cl)n(C)c1=O. The van der Waals surface area contributed by atoms with Crippen LogP contribution in [0.25, 0.3) is 11.2 Å². The smallest absolute Gasteiger partial charge is 0.332 e. The fraction of sp³-hybridized carbons (Fsp3) is 0.520. The average molecular weight is 517 g/mol. The predicted octanol–water partition coefficient (Wildman–Crippen LogP) is 2.50. The van der Waals surface area contributed by atoms with Crippen molar-refractivity contribution in [3.63, 3.8) is 0 Å². The molecular formula is C25H30ClFN6O3. The molecule has 36 heavy (non-hydrogen) atoms. The van der Waals surface area contributed by atoms with Crippen molar-refractivity contribution >= 4 is 34.6 Å². The third-order valence-corrected chi connectivity index (χ3v) is 7.78. The van der Waals surface area contributed by atoms with E-state index in [9.17, 15) is 18.8 Å². The molecule has 2 aromatic heterocycles. The maximum absolute atomic E-state index is 14.8. The van der Waals surface area contributed by atoms with E-state index < -0.39 is 17.1 Å². The summed E-state index contributed by atoms with van der Waals surface area (Å²) in [7, 11) is 2.96. The van der Waals surface area contributed by atoms with Gasteiger partial charge in [-0.3, -0.25) is 23.3 Å². The quantitative estimate of drug-likeness (QED) is 0.532. The summed E-state index contributed by atoms with van der Waals surface area (Å²) >= 11 is 6.34. The van der Waals surface area contributed by atoms with Crippen molar-refractivity contribution in [2.45, 2.75) is 38.6 Å². The van der Waals surface area contributed by atoms with Gasteiger partial charge in [0.05, 0.1) is 12.5 Å². The summed E-state index contributed by atoms with van der Waals surface area (Å²) in [6, 6.07) is 4.45. The van der Waals surface area contributed by atoms with Gasteiger partial charge in [0.15, 0.2) is 11.2 Å². The Morgan fingerprint density at radius 3 is 2.56 bits per heavy atom. The van der Waals surface area contributed by atoms with Crippen molar-refractivity contribution in [1.29, 1.82) is 0 Å². The summed E-state index contributed by atoms with van der Waals surface area (Å²) in [5.41, 5.74) is -0.372. The van der Waals surface area contributed by atoms with Gasteiger partial charge >= 0.3 is 5.69 Å². The number of likely N-dealkylation sites (tertiary alicyclic amines) is 1. The van der Waals surface area contributed by atoms with Crippen LogP contribution in [0.3, 0.4) is 0 Å². The number of hydrogen-bond acceptors (Lipinski definition) is 5. The third kappa shape index (κ3) is 4.21. The zero-order valence-electron chi connectivity index (χ0n) is 20.5. The van der Waals surface area contributed by atoms with Crippen molar-refractivity contribution in [2.75, 3.05) is 31.1 Å². The number of aromatic nitrogens is 4. The van der Waals surface area contributed by atoms with Gasteiger partial charge in [0.1, 0.15) is 5.82 Å². The molecule has 4 heterocycles. The number of benzene rings is 1. The van der Waals surface area contributed by atoms with Gasteiger partial charge in [-0.15, -0.1) is 0 Å². The van der Waals surface area contributed by atoms with Crippen LogP contribution in [0.2, 0.25) is 5.02 Å². The Hall–Kier alpha value is -3.14. The van der Waals surface area contributed by atoms with Crippen LogP contribution in [0.4, 0.5) is 10.3 Å². The molecule has 0 spiro atoms. The zero-order valence-corrected chi connectivity index (χ0v) is 21.3. The number of amides is 1. The zero-order chi connectivity index (χ0) is 25.6. The maximum atomic E-state index is 14.8. The molecule has 1 atom stereocenters. The van der Waals surface area contributed by atoms with E-state index >= 15 is 0 Å². The number of carbonyl (C=O) groups excluding carboxylic acids is 1. The molecule has 3 aromatic rings. The maximum Gasteiger partial charge on any atom is 0.332 e. The molecule has 0 bridgehead atoms. The Balaban J connectivity index is 1.60. The number of carbonyl (C=O) groups is 1. The molecule has 11 heteroatoms. The fourth-order valence-electron chi connectivity index (χ4n) is 5.40. The van der Waals surface area contributed by atoms with Crippen LogP contribution in [0.15, 0.2) is 27.8 Å². The lowest BCUT2D eigenvalue weighted by Crippen LogP contribution is -2.47. The van der Waals surface area contributed by atoms with Crippen molar-refractivity contribution in [3.05, 3.63) is 55.4 Å². The lowest BCUT2D eigenvalue weighted by Gasteiger charge is -2.36. The summed E-state index contributed by atoms with van der Waals surface area (Å²) in [4.78, 5) is 47.8. The van der Waals surface area contributed by atoms with Crippen LogP contribution >= 0.6 is 11.6 Å². The molecular weight excluding hydrogens is 487 g/mol. The van der Waals surface area contributed by atoms with Crippen LogP contribution in [0, 0.1) is 11.7 Å². The highest BCUT2D eigenvalue weighted by Crippen LogP contribution is 2.29. The second-order valence-electron chi connectivity index (χ2n) is 9.75. The minimum atomic E-state index is -0.516. The molecule has 1 unspecified atom stereocenters. The predicted molar refractivity (Wildman–Crippen MR) is 136 cm³/mol. The van der Waals surface area contributed by atoms with E-state index in [0.29, 0.717) is 19.0 Å². The monoisotopic (exact) mass is 516 g/mol. The van der Waals surface area contributed by atoms with Gasteiger partial charge in [0.2, 0.25) is 11.9 Å². The highest BCUT2D eigenvalue weighted by Gasteiger charge is 2.33. The van der Waals surface area contributed by atoms with Crippen LogP contribution < -0.4 is 16.1 Å². The normalized spacial score (nSPS) is 18.7. The van der Waals surface area contributed by atoms with Crippen molar-refractivity contribution in [3.8, 4) is 0 Å². The van der Waals surface area contributed by atoms with E-state index in [0.717, 1.165) is 49.8 Å². The Labute approximate surface area is 212 Å². The molecule has 2 fully saturated rings. The Morgan fingerprint density at radius 1 is 1.08 bits per heavy atom. The summed E-state index contributed by atoms with van der Waals surface area (Å²) in [6.45, 7) is 2.62. The summed E-state index contributed by atoms with van der Waals surface area (Å²) in [5, 5.41) is 0.237. The number of halogens is 2. The van der Waals surface area contributed by atoms with Gasteiger partial charge < -0.3 is 9.80 Å². The van der Waals surface area contributed by atoms with Gasteiger partial charge in [-0.25, -0.2) is 9.18 Å². The molecule has 0 saturated carbocycles. The van der Waals surface area contributed by atoms with E-state index in [4.69, 9.17) is 16.6 Å². The second kappa shape index (κ2) is 9.72. The lowest BCUT2D eigenvalue weighted by molar-refractivity contribution is -0.136. The fourth-order valence-corrected chi connectivity index (χ4v) is 5.62. The first-order chi connectivity index (χ1) is 17.3. The lowest BCUT2D eigenvalue weighted by atomic mass is 9.95. The van der Waals surface area contributed by atoms with Gasteiger partial charge in [0, 0.05) is 50.9 Å². The number of imidazole rings is 1. The Morgan fingerprint density at radius 2 is 1.83 bits per heavy atom. The molecule has 192 valence electrons. The molecule has 1 aromatic carbocycles. The van der Waals surface area contributed by atoms with Crippen molar-refractivity contribution < 1.29 is 9.18 Å². The van der Waals surface area contributed by atoms with E-state index in [1.807, 2.05) is 9.80 Å². The molecule has 0 radical (unpaired) electrons. The highest BCUT2D eigenvalue weighted by atomic mass is 35.5. The van der Waals surface area contributed by atoms with Gasteiger partial charge in [-0.2, -0.15) is 4.98 Å². The van der Waals surface area contributed by atoms with E-state index in [1.165, 1.54) is 23.7 Å². The highest BCUT2D eigenvalue weighted by molar-refractivity contribution is 6.31. The molecule has 0 N–H and O–H groups in total. The summed E-state index contributed by atoms with van der Waals surface area (Å²) < 4.78 is 18.8. The molecule has 9 nitrogen and oxygen atoms in total.